The van der Waals surface area contributed by atoms with Crippen LogP contribution >= 0.6 is 0 Å². The molecule has 0 unspecified atom stereocenters. The maximum Gasteiger partial charge on any atom is 0.0645 e. The maximum absolute atomic E-state index is 9.96. The molecule has 0 saturated carbocycles. The lowest BCUT2D eigenvalue weighted by atomic mass is 9.84. The van der Waals surface area contributed by atoms with E-state index in [9.17, 15) is 11.0 Å². The molecule has 0 amide bonds. The summed E-state index contributed by atoms with van der Waals surface area (Å²) in [6, 6.07) is 30.7. The molecule has 0 N–H and O–H groups in total. The lowest BCUT2D eigenvalue weighted by Crippen LogP contribution is -2.11. The van der Waals surface area contributed by atoms with E-state index in [1.54, 1.807) is 9.80 Å². The molecule has 0 atom stereocenters. The summed E-state index contributed by atoms with van der Waals surface area (Å²) in [7, 11) is 0. The van der Waals surface area contributed by atoms with Gasteiger partial charge in [0.25, 0.3) is 0 Å². The Labute approximate surface area is 307 Å². The average Bonchev–Trinajstić information content (AvgIpc) is 3.30. The molecule has 0 aliphatic heterocycles. The highest BCUT2D eigenvalue weighted by Gasteiger charge is 2.25. The van der Waals surface area contributed by atoms with Gasteiger partial charge in [0.2, 0.25) is 0 Å². The van der Waals surface area contributed by atoms with E-state index in [0.29, 0.717) is 22.7 Å². The molecule has 0 bridgehead atoms. The average molecular weight is 649 g/mol. The predicted octanol–water partition coefficient (Wildman–Crippen LogP) is 13.8. The summed E-state index contributed by atoms with van der Waals surface area (Å²) in [5.41, 5.74) is 2.44. The summed E-state index contributed by atoms with van der Waals surface area (Å²) in [4.78, 5) is 3.51. The van der Waals surface area contributed by atoms with Crippen LogP contribution in [0.3, 0.4) is 0 Å². The molecular weight excluding hydrogens is 605 g/mol. The molecule has 0 aromatic heterocycles. The zero-order valence-corrected chi connectivity index (χ0v) is 26.4. The van der Waals surface area contributed by atoms with Crippen LogP contribution in [0.2, 0.25) is 0 Å². The quantitative estimate of drug-likeness (QED) is 0.131. The first kappa shape index (κ1) is 18.8. The number of para-hydroxylation sites is 4. The van der Waals surface area contributed by atoms with E-state index in [0.717, 1.165) is 0 Å². The summed E-state index contributed by atoms with van der Waals surface area (Å²) in [5.74, 6) is 0. The van der Waals surface area contributed by atoms with Gasteiger partial charge in [0.1, 0.15) is 0 Å². The SMILES string of the molecule is [2H]c1c([2H])c([2H])c2c(c1[2H])c1c([2H])c([2H])c(N(c3ccccc3)c3ccccc3)c3c4c([2H])c([2H])c([2H])c([2H])c4c4c([2H])c([2H])c(N(c5ccccc5)c5ccccc5)c2c4c13. The van der Waals surface area contributed by atoms with Crippen LogP contribution in [0.5, 0.6) is 0 Å². The van der Waals surface area contributed by atoms with E-state index in [1.807, 2.05) is 121 Å². The van der Waals surface area contributed by atoms with Crippen LogP contribution in [0, 0.1) is 0 Å². The van der Waals surface area contributed by atoms with Crippen LogP contribution in [0.15, 0.2) is 194 Å². The summed E-state index contributed by atoms with van der Waals surface area (Å²) >= 11 is 0. The lowest BCUT2D eigenvalue weighted by molar-refractivity contribution is 1.30. The highest BCUT2D eigenvalue weighted by Crippen LogP contribution is 2.53. The summed E-state index contributed by atoms with van der Waals surface area (Å²) in [6.07, 6.45) is 0. The lowest BCUT2D eigenvalue weighted by Gasteiger charge is -2.31. The van der Waals surface area contributed by atoms with Crippen LogP contribution in [0.25, 0.3) is 53.9 Å². The van der Waals surface area contributed by atoms with E-state index in [2.05, 4.69) is 0 Å². The molecule has 50 heavy (non-hydrogen) atoms. The van der Waals surface area contributed by atoms with Gasteiger partial charge in [-0.2, -0.15) is 0 Å². The van der Waals surface area contributed by atoms with E-state index < -0.39 is 60.4 Å². The third-order valence-corrected chi connectivity index (χ3v) is 9.22. The van der Waals surface area contributed by atoms with Crippen LogP contribution in [-0.2, 0) is 0 Å². The Hall–Kier alpha value is -6.64. The number of hydrogen-bond donors (Lipinski definition) is 0. The molecule has 10 aromatic carbocycles. The fraction of sp³-hybridized carbons (Fsp3) is 0. The molecule has 2 heteroatoms. The number of anilines is 6. The smallest absolute Gasteiger partial charge is 0.0645 e. The Kier molecular flexibility index (Phi) is 4.32. The standard InChI is InChI=1S/C48H32N2/c1-5-17-33(18-6-1)49(34-19-7-2-8-20-34)43-31-29-41-38-26-14-16-28-40(38)46-44(50(35-21-9-3-10-22-35)36-23-11-4-12-24-36)32-30-42-37-25-13-15-27-39(37)45(43)47(41)48(42)46/h1-32H/i13D,14D,15D,16D,25D,26D,27D,28D,29D,30D,31D,32D. The number of rotatable bonds is 6. The van der Waals surface area contributed by atoms with Gasteiger partial charge in [-0.25, -0.2) is 0 Å². The molecule has 10 rings (SSSR count). The van der Waals surface area contributed by atoms with Crippen LogP contribution in [0.1, 0.15) is 16.4 Å². The summed E-state index contributed by atoms with van der Waals surface area (Å²) < 4.78 is 114. The van der Waals surface area contributed by atoms with Crippen molar-refractivity contribution >= 4 is 88.0 Å². The fourth-order valence-electron chi connectivity index (χ4n) is 7.18. The zero-order valence-electron chi connectivity index (χ0n) is 38.4. The van der Waals surface area contributed by atoms with Gasteiger partial charge >= 0.3 is 0 Å². The summed E-state index contributed by atoms with van der Waals surface area (Å²) in [5, 5.41) is 0.180. The Morgan fingerprint density at radius 2 is 0.560 bits per heavy atom. The van der Waals surface area contributed by atoms with Gasteiger partial charge < -0.3 is 9.80 Å². The van der Waals surface area contributed by atoms with Gasteiger partial charge in [0, 0.05) is 44.3 Å². The normalized spacial score (nSPS) is 15.0. The Balaban J connectivity index is 1.62. The number of benzene rings is 10. The highest BCUT2D eigenvalue weighted by atomic mass is 15.1. The summed E-state index contributed by atoms with van der Waals surface area (Å²) in [6.45, 7) is 0. The number of hydrogen-bond acceptors (Lipinski definition) is 2. The molecule has 0 radical (unpaired) electrons. The second kappa shape index (κ2) is 11.5. The predicted molar refractivity (Wildman–Crippen MR) is 215 cm³/mol. The van der Waals surface area contributed by atoms with Gasteiger partial charge in [-0.15, -0.1) is 0 Å². The van der Waals surface area contributed by atoms with Gasteiger partial charge in [-0.05, 0) is 92.9 Å². The molecule has 234 valence electrons. The van der Waals surface area contributed by atoms with Gasteiger partial charge in [-0.3, -0.25) is 0 Å². The first-order chi connectivity index (χ1) is 29.9. The van der Waals surface area contributed by atoms with Crippen molar-refractivity contribution in [2.75, 3.05) is 9.80 Å². The minimum absolute atomic E-state index is 0.0438. The molecule has 0 spiro atoms. The van der Waals surface area contributed by atoms with Crippen molar-refractivity contribution in [3.63, 3.8) is 0 Å². The van der Waals surface area contributed by atoms with Crippen molar-refractivity contribution in [3.8, 4) is 0 Å². The fourth-order valence-corrected chi connectivity index (χ4v) is 7.18. The monoisotopic (exact) mass is 648 g/mol. The van der Waals surface area contributed by atoms with Crippen molar-refractivity contribution < 1.29 is 16.4 Å². The Bertz CT molecular complexity index is 3170. The van der Waals surface area contributed by atoms with Crippen LogP contribution in [0.4, 0.5) is 34.1 Å². The van der Waals surface area contributed by atoms with E-state index in [4.69, 9.17) is 5.48 Å². The van der Waals surface area contributed by atoms with Gasteiger partial charge in [0.15, 0.2) is 0 Å². The molecule has 2 nitrogen and oxygen atoms in total. The van der Waals surface area contributed by atoms with E-state index in [1.165, 1.54) is 0 Å². The van der Waals surface area contributed by atoms with E-state index >= 15 is 0 Å². The molecule has 0 aliphatic carbocycles. The van der Waals surface area contributed by atoms with Gasteiger partial charge in [0.05, 0.1) is 27.8 Å². The largest absolute Gasteiger partial charge is 0.310 e. The molecular formula is C48H32N2. The molecule has 10 aromatic rings. The minimum Gasteiger partial charge on any atom is -0.310 e. The Morgan fingerprint density at radius 1 is 0.280 bits per heavy atom. The van der Waals surface area contributed by atoms with E-state index in [-0.39, 0.29) is 77.3 Å². The van der Waals surface area contributed by atoms with Crippen molar-refractivity contribution in [1.82, 2.24) is 0 Å². The van der Waals surface area contributed by atoms with Crippen molar-refractivity contribution in [3.05, 3.63) is 194 Å². The minimum atomic E-state index is -0.581. The van der Waals surface area contributed by atoms with Crippen molar-refractivity contribution in [1.29, 1.82) is 0 Å². The zero-order chi connectivity index (χ0) is 43.5. The second-order valence-corrected chi connectivity index (χ2v) is 12.0. The maximum atomic E-state index is 9.96. The van der Waals surface area contributed by atoms with Crippen molar-refractivity contribution in [2.45, 2.75) is 0 Å². The molecule has 0 saturated heterocycles. The second-order valence-electron chi connectivity index (χ2n) is 12.0. The van der Waals surface area contributed by atoms with Crippen molar-refractivity contribution in [2.24, 2.45) is 0 Å². The third kappa shape index (κ3) is 4.29. The number of fused-ring (bicyclic) bond motifs is 6. The first-order valence-corrected chi connectivity index (χ1v) is 16.2. The Morgan fingerprint density at radius 3 is 0.880 bits per heavy atom. The van der Waals surface area contributed by atoms with Gasteiger partial charge in [-0.1, -0.05) is 133 Å². The van der Waals surface area contributed by atoms with Crippen LogP contribution < -0.4 is 9.80 Å². The molecule has 0 fully saturated rings. The number of nitrogens with zero attached hydrogens (tertiary/aromatic N) is 2. The third-order valence-electron chi connectivity index (χ3n) is 9.22. The first-order valence-electron chi connectivity index (χ1n) is 22.2. The molecule has 0 heterocycles. The highest BCUT2D eigenvalue weighted by molar-refractivity contribution is 6.43. The topological polar surface area (TPSA) is 6.48 Å². The molecule has 0 aliphatic rings. The van der Waals surface area contributed by atoms with Crippen LogP contribution in [-0.4, -0.2) is 0 Å².